The van der Waals surface area contributed by atoms with E-state index in [9.17, 15) is 36.5 Å². The van der Waals surface area contributed by atoms with Crippen LogP contribution in [0.5, 0.6) is 5.75 Å². The number of nitro groups is 1. The highest BCUT2D eigenvalue weighted by molar-refractivity contribution is 7.80. The van der Waals surface area contributed by atoms with E-state index in [-0.39, 0.29) is 24.6 Å². The summed E-state index contributed by atoms with van der Waals surface area (Å²) in [6.07, 6.45) is -6.64. The van der Waals surface area contributed by atoms with E-state index < -0.39 is 34.1 Å². The van der Waals surface area contributed by atoms with Gasteiger partial charge in [-0.1, -0.05) is 12.2 Å². The lowest BCUT2D eigenvalue weighted by Crippen LogP contribution is -2.49. The Kier molecular flexibility index (Phi) is 9.02. The lowest BCUT2D eigenvalue weighted by molar-refractivity contribution is -0.388. The summed E-state index contributed by atoms with van der Waals surface area (Å²) < 4.78 is 89.6. The fraction of sp³-hybridized carbons (Fsp3) is 0.520. The van der Waals surface area contributed by atoms with Gasteiger partial charge >= 0.3 is 12.4 Å². The van der Waals surface area contributed by atoms with Crippen LogP contribution >= 0.6 is 12.2 Å². The molecule has 0 atom stereocenters. The summed E-state index contributed by atoms with van der Waals surface area (Å²) in [4.78, 5) is 18.3. The van der Waals surface area contributed by atoms with Gasteiger partial charge in [0.2, 0.25) is 0 Å². The second-order valence-electron chi connectivity index (χ2n) is 9.53. The van der Waals surface area contributed by atoms with Crippen LogP contribution in [0.4, 0.5) is 37.8 Å². The molecule has 0 amide bonds. The van der Waals surface area contributed by atoms with E-state index in [2.05, 4.69) is 4.98 Å². The first-order chi connectivity index (χ1) is 18.8. The van der Waals surface area contributed by atoms with Crippen molar-refractivity contribution in [1.29, 1.82) is 0 Å². The molecule has 1 saturated carbocycles. The predicted molar refractivity (Wildman–Crippen MR) is 136 cm³/mol. The molecule has 1 aliphatic heterocycles. The zero-order valence-electron chi connectivity index (χ0n) is 21.1. The van der Waals surface area contributed by atoms with E-state index in [4.69, 9.17) is 21.7 Å². The van der Waals surface area contributed by atoms with Crippen LogP contribution in [0.3, 0.4) is 0 Å². The molecule has 1 aliphatic carbocycles. The van der Waals surface area contributed by atoms with Crippen LogP contribution in [-0.2, 0) is 17.1 Å². The molecular weight excluding hydrogens is 566 g/mol. The van der Waals surface area contributed by atoms with Crippen LogP contribution in [0.1, 0.15) is 36.8 Å². The first kappa shape index (κ1) is 29.8. The molecule has 2 aromatic rings. The zero-order valence-corrected chi connectivity index (χ0v) is 21.9. The van der Waals surface area contributed by atoms with Crippen LogP contribution < -0.4 is 9.64 Å². The third kappa shape index (κ3) is 7.50. The number of aromatic nitrogens is 1. The molecular formula is C25H26F6N4O4S. The minimum absolute atomic E-state index is 0.0749. The maximum Gasteiger partial charge on any atom is 0.423 e. The highest BCUT2D eigenvalue weighted by atomic mass is 32.1. The summed E-state index contributed by atoms with van der Waals surface area (Å²) in [6.45, 7) is 2.45. The smallest absolute Gasteiger partial charge is 0.423 e. The van der Waals surface area contributed by atoms with Gasteiger partial charge in [-0.25, -0.2) is 4.98 Å². The number of thiocarbonyl (C=S) groups is 1. The van der Waals surface area contributed by atoms with Crippen molar-refractivity contribution in [2.45, 2.75) is 50.2 Å². The summed E-state index contributed by atoms with van der Waals surface area (Å²) in [5.41, 5.74) is -3.17. The number of benzene rings is 1. The molecule has 0 N–H and O–H groups in total. The Morgan fingerprint density at radius 1 is 0.975 bits per heavy atom. The molecule has 0 bridgehead atoms. The minimum atomic E-state index is -4.88. The normalized spacial score (nSPS) is 20.4. The molecule has 218 valence electrons. The molecule has 0 unspecified atom stereocenters. The second kappa shape index (κ2) is 12.1. The van der Waals surface area contributed by atoms with E-state index in [1.807, 2.05) is 9.80 Å². The number of alkyl halides is 6. The highest BCUT2D eigenvalue weighted by Crippen LogP contribution is 2.39. The maximum absolute atomic E-state index is 13.2. The number of nitro benzene ring substituents is 1. The Hall–Kier alpha value is -3.20. The largest absolute Gasteiger partial charge is 0.490 e. The number of halogens is 6. The number of nitrogens with zero attached hydrogens (tertiary/aromatic N) is 4. The quantitative estimate of drug-likeness (QED) is 0.171. The molecule has 1 aromatic heterocycles. The Labute approximate surface area is 231 Å². The van der Waals surface area contributed by atoms with Crippen molar-refractivity contribution in [1.82, 2.24) is 9.88 Å². The van der Waals surface area contributed by atoms with E-state index in [0.717, 1.165) is 18.3 Å². The monoisotopic (exact) mass is 592 g/mol. The second-order valence-corrected chi connectivity index (χ2v) is 10.0. The summed E-state index contributed by atoms with van der Waals surface area (Å²) in [5.74, 6) is 0.395. The number of hydrogen-bond donors (Lipinski definition) is 0. The summed E-state index contributed by atoms with van der Waals surface area (Å²) >= 11 is 5.51. The topological polar surface area (TPSA) is 81.0 Å². The number of anilines is 1. The Balaban J connectivity index is 1.19. The molecule has 40 heavy (non-hydrogen) atoms. The fourth-order valence-electron chi connectivity index (χ4n) is 4.69. The molecule has 2 fully saturated rings. The SMILES string of the molecule is O=[N+]([O-])c1ccc(O[C@H]2CC[C@H](OCC(=S)N3CCN(c4ccc(C(F)(F)F)cn4)CC3)CC2)cc1C(F)(F)F. The molecule has 15 heteroatoms. The average Bonchev–Trinajstić information content (AvgIpc) is 2.91. The van der Waals surface area contributed by atoms with Crippen LogP contribution in [0.2, 0.25) is 0 Å². The zero-order chi connectivity index (χ0) is 29.1. The number of pyridine rings is 1. The van der Waals surface area contributed by atoms with Crippen molar-refractivity contribution in [2.24, 2.45) is 0 Å². The average molecular weight is 593 g/mol. The third-order valence-corrected chi connectivity index (χ3v) is 7.24. The van der Waals surface area contributed by atoms with Crippen molar-refractivity contribution in [3.05, 3.63) is 57.8 Å². The summed E-state index contributed by atoms with van der Waals surface area (Å²) in [7, 11) is 0. The first-order valence-corrected chi connectivity index (χ1v) is 12.9. The van der Waals surface area contributed by atoms with Gasteiger partial charge in [0.25, 0.3) is 5.69 Å². The number of hydrogen-bond acceptors (Lipinski definition) is 7. The van der Waals surface area contributed by atoms with E-state index in [0.29, 0.717) is 68.7 Å². The van der Waals surface area contributed by atoms with Crippen molar-refractivity contribution in [2.75, 3.05) is 37.7 Å². The van der Waals surface area contributed by atoms with Crippen LogP contribution in [0, 0.1) is 10.1 Å². The number of piperazine rings is 1. The van der Waals surface area contributed by atoms with Gasteiger partial charge in [0.15, 0.2) is 0 Å². The molecule has 2 heterocycles. The van der Waals surface area contributed by atoms with Gasteiger partial charge in [0.1, 0.15) is 22.1 Å². The maximum atomic E-state index is 13.2. The molecule has 1 aromatic carbocycles. The van der Waals surface area contributed by atoms with E-state index in [1.54, 1.807) is 0 Å². The number of rotatable bonds is 7. The van der Waals surface area contributed by atoms with Crippen molar-refractivity contribution >= 4 is 28.7 Å². The van der Waals surface area contributed by atoms with E-state index in [1.165, 1.54) is 12.1 Å². The van der Waals surface area contributed by atoms with Gasteiger partial charge in [0.05, 0.1) is 29.3 Å². The van der Waals surface area contributed by atoms with Gasteiger partial charge in [-0.2, -0.15) is 26.3 Å². The lowest BCUT2D eigenvalue weighted by Gasteiger charge is -2.37. The highest BCUT2D eigenvalue weighted by Gasteiger charge is 2.39. The van der Waals surface area contributed by atoms with Crippen LogP contribution in [0.15, 0.2) is 36.5 Å². The minimum Gasteiger partial charge on any atom is -0.490 e. The van der Waals surface area contributed by atoms with Crippen molar-refractivity contribution < 1.29 is 40.7 Å². The molecule has 2 aliphatic rings. The Morgan fingerprint density at radius 2 is 1.62 bits per heavy atom. The van der Waals surface area contributed by atoms with Gasteiger partial charge in [0, 0.05) is 38.4 Å². The van der Waals surface area contributed by atoms with E-state index >= 15 is 0 Å². The van der Waals surface area contributed by atoms with Gasteiger partial charge in [-0.05, 0) is 49.9 Å². The van der Waals surface area contributed by atoms with Gasteiger partial charge < -0.3 is 19.3 Å². The molecule has 0 radical (unpaired) electrons. The van der Waals surface area contributed by atoms with Crippen LogP contribution in [-0.4, -0.2) is 64.8 Å². The predicted octanol–water partition coefficient (Wildman–Crippen LogP) is 5.88. The number of ether oxygens (including phenoxy) is 2. The van der Waals surface area contributed by atoms with Crippen molar-refractivity contribution in [3.8, 4) is 5.75 Å². The van der Waals surface area contributed by atoms with Gasteiger partial charge in [-0.15, -0.1) is 0 Å². The van der Waals surface area contributed by atoms with Crippen molar-refractivity contribution in [3.63, 3.8) is 0 Å². The Bertz CT molecular complexity index is 1200. The molecule has 0 spiro atoms. The lowest BCUT2D eigenvalue weighted by atomic mass is 9.95. The standard InChI is InChI=1S/C25H26F6N4O4S/c26-24(27,28)16-1-8-22(32-14-16)33-9-11-34(12-10-33)23(40)15-38-17-2-4-18(5-3-17)39-19-6-7-21(35(36)37)20(13-19)25(29,30)31/h1,6-8,13-14,17-18H,2-5,9-12,15H2/t17-,18-. The first-order valence-electron chi connectivity index (χ1n) is 12.5. The molecule has 8 nitrogen and oxygen atoms in total. The Morgan fingerprint density at radius 3 is 2.17 bits per heavy atom. The molecule has 4 rings (SSSR count). The van der Waals surface area contributed by atoms with Gasteiger partial charge in [-0.3, -0.25) is 10.1 Å². The summed E-state index contributed by atoms with van der Waals surface area (Å²) in [5, 5.41) is 10.9. The fourth-order valence-corrected chi connectivity index (χ4v) is 4.94. The third-order valence-electron chi connectivity index (χ3n) is 6.87. The summed E-state index contributed by atoms with van der Waals surface area (Å²) in [6, 6.07) is 5.00. The molecule has 1 saturated heterocycles. The van der Waals surface area contributed by atoms with Crippen LogP contribution in [0.25, 0.3) is 0 Å².